The average molecular weight is 325 g/mol. The highest BCUT2D eigenvalue weighted by Gasteiger charge is 2.23. The van der Waals surface area contributed by atoms with Crippen LogP contribution < -0.4 is 5.32 Å². The molecule has 1 heterocycles. The number of likely N-dealkylation sites (tertiary alicyclic amines) is 1. The van der Waals surface area contributed by atoms with E-state index >= 15 is 0 Å². The zero-order valence-electron chi connectivity index (χ0n) is 10.9. The van der Waals surface area contributed by atoms with E-state index in [0.717, 1.165) is 29.3 Å². The van der Waals surface area contributed by atoms with Crippen LogP contribution in [0.15, 0.2) is 22.7 Å². The van der Waals surface area contributed by atoms with Gasteiger partial charge < -0.3 is 10.2 Å². The molecule has 4 nitrogen and oxygen atoms in total. The van der Waals surface area contributed by atoms with Crippen molar-refractivity contribution in [1.82, 2.24) is 4.90 Å². The summed E-state index contributed by atoms with van der Waals surface area (Å²) in [6, 6.07) is 5.47. The van der Waals surface area contributed by atoms with Crippen LogP contribution in [0.5, 0.6) is 0 Å². The second-order valence-electron chi connectivity index (χ2n) is 4.77. The third kappa shape index (κ3) is 3.56. The molecule has 0 aromatic heterocycles. The molecule has 0 saturated carbocycles. The largest absolute Gasteiger partial charge is 0.334 e. The topological polar surface area (TPSA) is 49.4 Å². The van der Waals surface area contributed by atoms with Gasteiger partial charge in [-0.3, -0.25) is 9.59 Å². The standard InChI is InChI=1S/C14H17BrN2O2/c1-10-9-11(5-6-12(10)15)16-13(18)14(19)17-7-3-2-4-8-17/h5-6,9H,2-4,7-8H2,1H3,(H,16,18). The summed E-state index contributed by atoms with van der Waals surface area (Å²) >= 11 is 3.40. The van der Waals surface area contributed by atoms with E-state index in [1.807, 2.05) is 19.1 Å². The molecule has 0 radical (unpaired) electrons. The summed E-state index contributed by atoms with van der Waals surface area (Å²) in [6.45, 7) is 3.31. The van der Waals surface area contributed by atoms with E-state index in [0.29, 0.717) is 18.8 Å². The number of hydrogen-bond acceptors (Lipinski definition) is 2. The Kier molecular flexibility index (Phi) is 4.58. The Balaban J connectivity index is 1.99. The van der Waals surface area contributed by atoms with Gasteiger partial charge in [0, 0.05) is 23.2 Å². The predicted molar refractivity (Wildman–Crippen MR) is 77.9 cm³/mol. The molecule has 1 N–H and O–H groups in total. The van der Waals surface area contributed by atoms with Gasteiger partial charge in [-0.15, -0.1) is 0 Å². The number of aryl methyl sites for hydroxylation is 1. The maximum Gasteiger partial charge on any atom is 0.313 e. The van der Waals surface area contributed by atoms with Crippen molar-refractivity contribution >= 4 is 33.4 Å². The van der Waals surface area contributed by atoms with Crippen LogP contribution in [0.1, 0.15) is 24.8 Å². The van der Waals surface area contributed by atoms with Crippen LogP contribution in [0.25, 0.3) is 0 Å². The van der Waals surface area contributed by atoms with Crippen LogP contribution in [-0.2, 0) is 9.59 Å². The summed E-state index contributed by atoms with van der Waals surface area (Å²) in [4.78, 5) is 25.5. The number of halogens is 1. The molecule has 2 amide bonds. The number of carbonyl (C=O) groups excluding carboxylic acids is 2. The average Bonchev–Trinajstić information content (AvgIpc) is 2.43. The molecule has 1 aromatic rings. The van der Waals surface area contributed by atoms with E-state index in [1.165, 1.54) is 0 Å². The van der Waals surface area contributed by atoms with E-state index < -0.39 is 11.8 Å². The number of anilines is 1. The first-order chi connectivity index (χ1) is 9.08. The lowest BCUT2D eigenvalue weighted by Gasteiger charge is -2.25. The number of piperidine rings is 1. The molecule has 102 valence electrons. The van der Waals surface area contributed by atoms with Crippen molar-refractivity contribution in [3.8, 4) is 0 Å². The van der Waals surface area contributed by atoms with Gasteiger partial charge in [0.2, 0.25) is 0 Å². The van der Waals surface area contributed by atoms with Crippen LogP contribution in [0, 0.1) is 6.92 Å². The van der Waals surface area contributed by atoms with Crippen molar-refractivity contribution in [3.63, 3.8) is 0 Å². The van der Waals surface area contributed by atoms with Crippen molar-refractivity contribution in [1.29, 1.82) is 0 Å². The van der Waals surface area contributed by atoms with Crippen molar-refractivity contribution in [2.24, 2.45) is 0 Å². The van der Waals surface area contributed by atoms with Gasteiger partial charge in [0.1, 0.15) is 0 Å². The maximum atomic E-state index is 12.0. The van der Waals surface area contributed by atoms with Crippen molar-refractivity contribution in [2.75, 3.05) is 18.4 Å². The highest BCUT2D eigenvalue weighted by Crippen LogP contribution is 2.20. The lowest BCUT2D eigenvalue weighted by atomic mass is 10.1. The monoisotopic (exact) mass is 324 g/mol. The molecule has 5 heteroatoms. The number of amides is 2. The fraction of sp³-hybridized carbons (Fsp3) is 0.429. The number of rotatable bonds is 1. The third-order valence-corrected chi connectivity index (χ3v) is 4.14. The second kappa shape index (κ2) is 6.19. The number of nitrogens with zero attached hydrogens (tertiary/aromatic N) is 1. The Bertz CT molecular complexity index is 496. The van der Waals surface area contributed by atoms with Crippen molar-refractivity contribution in [2.45, 2.75) is 26.2 Å². The normalized spacial score (nSPS) is 15.2. The van der Waals surface area contributed by atoms with E-state index in [-0.39, 0.29) is 0 Å². The minimum atomic E-state index is -0.552. The van der Waals surface area contributed by atoms with Gasteiger partial charge in [-0.2, -0.15) is 0 Å². The first-order valence-corrected chi connectivity index (χ1v) is 7.23. The predicted octanol–water partition coefficient (Wildman–Crippen LogP) is 2.71. The smallest absolute Gasteiger partial charge is 0.313 e. The fourth-order valence-electron chi connectivity index (χ4n) is 2.15. The molecule has 1 fully saturated rings. The molecule has 0 atom stereocenters. The summed E-state index contributed by atoms with van der Waals surface area (Å²) in [7, 11) is 0. The fourth-order valence-corrected chi connectivity index (χ4v) is 2.39. The Labute approximate surface area is 121 Å². The molecule has 2 rings (SSSR count). The molecule has 19 heavy (non-hydrogen) atoms. The zero-order chi connectivity index (χ0) is 13.8. The molecule has 1 aromatic carbocycles. The molecular weight excluding hydrogens is 308 g/mol. The lowest BCUT2D eigenvalue weighted by molar-refractivity contribution is -0.143. The highest BCUT2D eigenvalue weighted by molar-refractivity contribution is 9.10. The highest BCUT2D eigenvalue weighted by atomic mass is 79.9. The Morgan fingerprint density at radius 3 is 2.53 bits per heavy atom. The quantitative estimate of drug-likeness (QED) is 0.807. The molecule has 1 saturated heterocycles. The molecule has 0 spiro atoms. The molecular formula is C14H17BrN2O2. The number of carbonyl (C=O) groups is 2. The van der Waals surface area contributed by atoms with E-state index in [9.17, 15) is 9.59 Å². The van der Waals surface area contributed by atoms with Gasteiger partial charge in [0.05, 0.1) is 0 Å². The minimum Gasteiger partial charge on any atom is -0.334 e. The van der Waals surface area contributed by atoms with Gasteiger partial charge in [0.25, 0.3) is 0 Å². The Morgan fingerprint density at radius 1 is 1.21 bits per heavy atom. The minimum absolute atomic E-state index is 0.430. The SMILES string of the molecule is Cc1cc(NC(=O)C(=O)N2CCCCC2)ccc1Br. The van der Waals surface area contributed by atoms with Gasteiger partial charge in [-0.25, -0.2) is 0 Å². The molecule has 1 aliphatic heterocycles. The number of benzene rings is 1. The van der Waals surface area contributed by atoms with Crippen LogP contribution >= 0.6 is 15.9 Å². The van der Waals surface area contributed by atoms with E-state index in [2.05, 4.69) is 21.2 Å². The summed E-state index contributed by atoms with van der Waals surface area (Å²) < 4.78 is 0.979. The summed E-state index contributed by atoms with van der Waals surface area (Å²) in [6.07, 6.45) is 3.10. The van der Waals surface area contributed by atoms with Gasteiger partial charge >= 0.3 is 11.8 Å². The molecule has 0 aliphatic carbocycles. The van der Waals surface area contributed by atoms with Crippen LogP contribution in [0.2, 0.25) is 0 Å². The summed E-state index contributed by atoms with van der Waals surface area (Å²) in [5, 5.41) is 2.66. The lowest BCUT2D eigenvalue weighted by Crippen LogP contribution is -2.42. The summed E-state index contributed by atoms with van der Waals surface area (Å²) in [5.74, 6) is -0.983. The Morgan fingerprint density at radius 2 is 1.89 bits per heavy atom. The van der Waals surface area contributed by atoms with Crippen LogP contribution in [0.3, 0.4) is 0 Å². The van der Waals surface area contributed by atoms with Crippen molar-refractivity contribution in [3.05, 3.63) is 28.2 Å². The van der Waals surface area contributed by atoms with Gasteiger partial charge in [0.15, 0.2) is 0 Å². The third-order valence-electron chi connectivity index (χ3n) is 3.25. The molecule has 0 bridgehead atoms. The second-order valence-corrected chi connectivity index (χ2v) is 5.63. The number of hydrogen-bond donors (Lipinski definition) is 1. The van der Waals surface area contributed by atoms with E-state index in [4.69, 9.17) is 0 Å². The summed E-state index contributed by atoms with van der Waals surface area (Å²) in [5.41, 5.74) is 1.67. The maximum absolute atomic E-state index is 12.0. The zero-order valence-corrected chi connectivity index (χ0v) is 12.5. The molecule has 0 unspecified atom stereocenters. The first kappa shape index (κ1) is 14.1. The van der Waals surface area contributed by atoms with Gasteiger partial charge in [-0.05, 0) is 49.9 Å². The van der Waals surface area contributed by atoms with E-state index in [1.54, 1.807) is 11.0 Å². The van der Waals surface area contributed by atoms with Crippen LogP contribution in [-0.4, -0.2) is 29.8 Å². The Hall–Kier alpha value is -1.36. The van der Waals surface area contributed by atoms with Gasteiger partial charge in [-0.1, -0.05) is 15.9 Å². The first-order valence-electron chi connectivity index (χ1n) is 6.44. The molecule has 1 aliphatic rings. The van der Waals surface area contributed by atoms with Crippen molar-refractivity contribution < 1.29 is 9.59 Å². The van der Waals surface area contributed by atoms with Crippen LogP contribution in [0.4, 0.5) is 5.69 Å². The number of nitrogens with one attached hydrogen (secondary N) is 1.